The van der Waals surface area contributed by atoms with E-state index in [2.05, 4.69) is 10.2 Å². The van der Waals surface area contributed by atoms with Crippen molar-refractivity contribution in [2.24, 2.45) is 5.92 Å². The number of likely N-dealkylation sites (N-methyl/N-ethyl adjacent to an activating group) is 1. The topological polar surface area (TPSA) is 35.6 Å². The molecule has 2 rings (SSSR count). The summed E-state index contributed by atoms with van der Waals surface area (Å²) < 4.78 is 0. The molecule has 0 aromatic rings. The molecule has 0 aromatic heterocycles. The fourth-order valence-electron chi connectivity index (χ4n) is 3.11. The number of nitrogens with one attached hydrogen (secondary N) is 1. The molecule has 2 fully saturated rings. The van der Waals surface area contributed by atoms with Crippen molar-refractivity contribution in [3.8, 4) is 0 Å². The molecule has 0 spiro atoms. The smallest absolute Gasteiger partial charge is 0.222 e. The molecule has 19 heavy (non-hydrogen) atoms. The summed E-state index contributed by atoms with van der Waals surface area (Å²) in [6.07, 6.45) is 6.99. The van der Waals surface area contributed by atoms with E-state index in [0.717, 1.165) is 39.0 Å². The Kier molecular flexibility index (Phi) is 6.11. The Morgan fingerprint density at radius 2 is 2.11 bits per heavy atom. The minimum atomic E-state index is 0.324. The average molecular weight is 267 g/mol. The summed E-state index contributed by atoms with van der Waals surface area (Å²) in [4.78, 5) is 16.5. The van der Waals surface area contributed by atoms with E-state index >= 15 is 0 Å². The van der Waals surface area contributed by atoms with Gasteiger partial charge in [-0.1, -0.05) is 0 Å². The summed E-state index contributed by atoms with van der Waals surface area (Å²) in [5, 5.41) is 3.42. The average Bonchev–Trinajstić information content (AvgIpc) is 2.96. The van der Waals surface area contributed by atoms with E-state index in [1.165, 1.54) is 38.8 Å². The molecular weight excluding hydrogens is 238 g/mol. The summed E-state index contributed by atoms with van der Waals surface area (Å²) >= 11 is 0. The highest BCUT2D eigenvalue weighted by Gasteiger charge is 2.17. The summed E-state index contributed by atoms with van der Waals surface area (Å²) in [6, 6.07) is 0. The van der Waals surface area contributed by atoms with Gasteiger partial charge in [0.2, 0.25) is 5.91 Å². The van der Waals surface area contributed by atoms with Crippen molar-refractivity contribution >= 4 is 5.91 Å². The Bertz CT molecular complexity index is 271. The summed E-state index contributed by atoms with van der Waals surface area (Å²) in [7, 11) is 1.96. The van der Waals surface area contributed by atoms with Crippen molar-refractivity contribution in [1.82, 2.24) is 15.1 Å². The van der Waals surface area contributed by atoms with Gasteiger partial charge in [0.25, 0.3) is 0 Å². The van der Waals surface area contributed by atoms with Crippen LogP contribution < -0.4 is 5.32 Å². The van der Waals surface area contributed by atoms with Crippen LogP contribution in [0, 0.1) is 5.92 Å². The molecule has 2 aliphatic rings. The normalized spacial score (nSPS) is 24.6. The maximum absolute atomic E-state index is 12.1. The fourth-order valence-corrected chi connectivity index (χ4v) is 3.11. The van der Waals surface area contributed by atoms with Gasteiger partial charge in [0.1, 0.15) is 0 Å². The molecule has 2 saturated heterocycles. The fraction of sp³-hybridized carbons (Fsp3) is 0.933. The third-order valence-corrected chi connectivity index (χ3v) is 4.54. The van der Waals surface area contributed by atoms with Crippen LogP contribution in [0.1, 0.15) is 38.5 Å². The zero-order valence-electron chi connectivity index (χ0n) is 12.4. The molecule has 0 saturated carbocycles. The van der Waals surface area contributed by atoms with Gasteiger partial charge in [-0.15, -0.1) is 0 Å². The van der Waals surface area contributed by atoms with Crippen LogP contribution in [0.4, 0.5) is 0 Å². The monoisotopic (exact) mass is 267 g/mol. The minimum absolute atomic E-state index is 0.324. The zero-order valence-corrected chi connectivity index (χ0v) is 12.4. The van der Waals surface area contributed by atoms with E-state index in [-0.39, 0.29) is 0 Å². The number of likely N-dealkylation sites (tertiary alicyclic amines) is 1. The van der Waals surface area contributed by atoms with Crippen LogP contribution in [-0.4, -0.2) is 62.0 Å². The Balaban J connectivity index is 1.58. The minimum Gasteiger partial charge on any atom is -0.344 e. The molecule has 1 amide bonds. The predicted octanol–water partition coefficient (Wildman–Crippen LogP) is 1.32. The maximum Gasteiger partial charge on any atom is 0.222 e. The molecule has 1 N–H and O–H groups in total. The largest absolute Gasteiger partial charge is 0.344 e. The molecule has 2 heterocycles. The highest BCUT2D eigenvalue weighted by atomic mass is 16.2. The second-order valence-corrected chi connectivity index (χ2v) is 6.12. The van der Waals surface area contributed by atoms with Gasteiger partial charge in [0.15, 0.2) is 0 Å². The second-order valence-electron chi connectivity index (χ2n) is 6.12. The Labute approximate surface area is 117 Å². The molecule has 2 aliphatic heterocycles. The van der Waals surface area contributed by atoms with E-state index in [1.807, 2.05) is 11.9 Å². The third kappa shape index (κ3) is 5.11. The van der Waals surface area contributed by atoms with E-state index in [0.29, 0.717) is 11.8 Å². The van der Waals surface area contributed by atoms with Gasteiger partial charge < -0.3 is 15.1 Å². The predicted molar refractivity (Wildman–Crippen MR) is 78.1 cm³/mol. The van der Waals surface area contributed by atoms with Crippen LogP contribution in [0.5, 0.6) is 0 Å². The van der Waals surface area contributed by atoms with Gasteiger partial charge in [-0.05, 0) is 64.2 Å². The standard InChI is InChI=1S/C15H29N3O/c1-17(11-12-18-9-2-3-10-18)15(19)7-6-14-5-4-8-16-13-14/h14,16H,2-13H2,1H3. The molecule has 1 atom stereocenters. The lowest BCUT2D eigenvalue weighted by Crippen LogP contribution is -2.36. The SMILES string of the molecule is CN(CCN1CCCC1)C(=O)CCC1CCCNC1. The number of hydrogen-bond acceptors (Lipinski definition) is 3. The molecule has 1 unspecified atom stereocenters. The van der Waals surface area contributed by atoms with Crippen molar-refractivity contribution in [1.29, 1.82) is 0 Å². The molecule has 4 nitrogen and oxygen atoms in total. The van der Waals surface area contributed by atoms with Crippen molar-refractivity contribution in [2.75, 3.05) is 46.3 Å². The number of carbonyl (C=O) groups excluding carboxylic acids is 1. The number of amides is 1. The highest BCUT2D eigenvalue weighted by molar-refractivity contribution is 5.75. The Morgan fingerprint density at radius 1 is 1.32 bits per heavy atom. The number of rotatable bonds is 6. The van der Waals surface area contributed by atoms with E-state index in [9.17, 15) is 4.79 Å². The van der Waals surface area contributed by atoms with Crippen LogP contribution in [0.3, 0.4) is 0 Å². The lowest BCUT2D eigenvalue weighted by Gasteiger charge is -2.24. The van der Waals surface area contributed by atoms with Crippen LogP contribution in [0.15, 0.2) is 0 Å². The van der Waals surface area contributed by atoms with Crippen molar-refractivity contribution in [2.45, 2.75) is 38.5 Å². The third-order valence-electron chi connectivity index (χ3n) is 4.54. The van der Waals surface area contributed by atoms with Crippen LogP contribution in [-0.2, 0) is 4.79 Å². The van der Waals surface area contributed by atoms with Crippen molar-refractivity contribution in [3.63, 3.8) is 0 Å². The van der Waals surface area contributed by atoms with E-state index in [4.69, 9.17) is 0 Å². The number of carbonyl (C=O) groups is 1. The Morgan fingerprint density at radius 3 is 2.79 bits per heavy atom. The molecule has 0 radical (unpaired) electrons. The van der Waals surface area contributed by atoms with Gasteiger partial charge >= 0.3 is 0 Å². The van der Waals surface area contributed by atoms with E-state index < -0.39 is 0 Å². The second kappa shape index (κ2) is 7.85. The molecule has 0 aromatic carbocycles. The van der Waals surface area contributed by atoms with Gasteiger partial charge in [0.05, 0.1) is 0 Å². The van der Waals surface area contributed by atoms with Gasteiger partial charge in [0, 0.05) is 26.6 Å². The van der Waals surface area contributed by atoms with Crippen molar-refractivity contribution in [3.05, 3.63) is 0 Å². The number of nitrogens with zero attached hydrogens (tertiary/aromatic N) is 2. The van der Waals surface area contributed by atoms with Crippen LogP contribution in [0.25, 0.3) is 0 Å². The summed E-state index contributed by atoms with van der Waals surface area (Å²) in [5.41, 5.74) is 0. The first-order valence-electron chi connectivity index (χ1n) is 7.93. The van der Waals surface area contributed by atoms with Gasteiger partial charge in [-0.3, -0.25) is 4.79 Å². The molecular formula is C15H29N3O. The van der Waals surface area contributed by atoms with Crippen LogP contribution >= 0.6 is 0 Å². The van der Waals surface area contributed by atoms with Crippen molar-refractivity contribution < 1.29 is 4.79 Å². The quantitative estimate of drug-likeness (QED) is 0.788. The number of piperidine rings is 1. The summed E-state index contributed by atoms with van der Waals surface area (Å²) in [6.45, 7) is 6.63. The molecule has 110 valence electrons. The molecule has 4 heteroatoms. The first-order chi connectivity index (χ1) is 9.25. The lowest BCUT2D eigenvalue weighted by atomic mass is 9.94. The maximum atomic E-state index is 12.1. The Hall–Kier alpha value is -0.610. The molecule has 0 bridgehead atoms. The first-order valence-corrected chi connectivity index (χ1v) is 7.93. The van der Waals surface area contributed by atoms with Gasteiger partial charge in [-0.2, -0.15) is 0 Å². The number of hydrogen-bond donors (Lipinski definition) is 1. The highest BCUT2D eigenvalue weighted by Crippen LogP contribution is 2.16. The van der Waals surface area contributed by atoms with E-state index in [1.54, 1.807) is 0 Å². The first kappa shape index (κ1) is 14.8. The van der Waals surface area contributed by atoms with Gasteiger partial charge in [-0.25, -0.2) is 0 Å². The lowest BCUT2D eigenvalue weighted by molar-refractivity contribution is -0.130. The van der Waals surface area contributed by atoms with Crippen LogP contribution in [0.2, 0.25) is 0 Å². The molecule has 0 aliphatic carbocycles. The summed E-state index contributed by atoms with van der Waals surface area (Å²) in [5.74, 6) is 1.04. The zero-order chi connectivity index (χ0) is 13.5.